The number of amides is 2. The van der Waals surface area contributed by atoms with Crippen molar-refractivity contribution in [2.75, 3.05) is 29.6 Å². The van der Waals surface area contributed by atoms with Gasteiger partial charge in [0.2, 0.25) is 0 Å². The van der Waals surface area contributed by atoms with Gasteiger partial charge in [-0.15, -0.1) is 6.42 Å². The number of sulfone groups is 1. The lowest BCUT2D eigenvalue weighted by Crippen LogP contribution is -2.29. The molecule has 2 amide bonds. The number of nitrogens with two attached hydrogens (primary N) is 1. The van der Waals surface area contributed by atoms with Crippen molar-refractivity contribution in [1.29, 1.82) is 0 Å². The van der Waals surface area contributed by atoms with Crippen LogP contribution in [0.1, 0.15) is 26.4 Å². The number of terminal acetylenes is 1. The summed E-state index contributed by atoms with van der Waals surface area (Å²) < 4.78 is 37.4. The molecule has 186 valence electrons. The highest BCUT2D eigenvalue weighted by Gasteiger charge is 2.20. The van der Waals surface area contributed by atoms with Crippen LogP contribution in [0.25, 0.3) is 11.1 Å². The topological polar surface area (TPSA) is 144 Å². The summed E-state index contributed by atoms with van der Waals surface area (Å²) in [5.74, 6) is -0.127. The number of pyridine rings is 2. The van der Waals surface area contributed by atoms with E-state index >= 15 is 0 Å². The van der Waals surface area contributed by atoms with Gasteiger partial charge in [0.1, 0.15) is 21.3 Å². The van der Waals surface area contributed by atoms with Crippen LogP contribution in [0.4, 0.5) is 15.8 Å². The van der Waals surface area contributed by atoms with E-state index in [1.54, 1.807) is 0 Å². The molecule has 2 heterocycles. The first-order chi connectivity index (χ1) is 16.9. The molecule has 36 heavy (non-hydrogen) atoms. The summed E-state index contributed by atoms with van der Waals surface area (Å²) in [4.78, 5) is 32.7. The van der Waals surface area contributed by atoms with Crippen LogP contribution in [-0.4, -0.2) is 48.8 Å². The highest BCUT2D eigenvalue weighted by atomic mass is 35.5. The van der Waals surface area contributed by atoms with Gasteiger partial charge in [-0.1, -0.05) is 29.1 Å². The van der Waals surface area contributed by atoms with E-state index in [2.05, 4.69) is 26.5 Å². The molecule has 0 spiro atoms. The average molecular weight is 550 g/mol. The number of halogens is 3. The molecule has 2 aromatic heterocycles. The van der Waals surface area contributed by atoms with Crippen molar-refractivity contribution in [2.45, 2.75) is 0 Å². The summed E-state index contributed by atoms with van der Waals surface area (Å²) in [6.45, 7) is -0.123. The van der Waals surface area contributed by atoms with Crippen LogP contribution in [0, 0.1) is 18.2 Å². The summed E-state index contributed by atoms with van der Waals surface area (Å²) in [5.41, 5.74) is 6.28. The van der Waals surface area contributed by atoms with Gasteiger partial charge in [0, 0.05) is 30.1 Å². The molecule has 0 aliphatic carbocycles. The SMILES string of the molecule is C#Cc1cncc(N)c1-c1cc(Cl)c(C(=O)Nc2cnc(C(=O)NCCS(C)(=O)=O)c(Cl)c2)cc1F. The zero-order valence-corrected chi connectivity index (χ0v) is 20.9. The number of hydrogen-bond donors (Lipinski definition) is 3. The lowest BCUT2D eigenvalue weighted by atomic mass is 9.98. The van der Waals surface area contributed by atoms with E-state index in [4.69, 9.17) is 35.4 Å². The van der Waals surface area contributed by atoms with Gasteiger partial charge < -0.3 is 16.4 Å². The number of benzene rings is 1. The van der Waals surface area contributed by atoms with Crippen molar-refractivity contribution >= 4 is 56.2 Å². The monoisotopic (exact) mass is 549 g/mol. The van der Waals surface area contributed by atoms with Crippen molar-refractivity contribution in [2.24, 2.45) is 0 Å². The van der Waals surface area contributed by atoms with Crippen molar-refractivity contribution in [3.05, 3.63) is 69.5 Å². The van der Waals surface area contributed by atoms with Crippen LogP contribution < -0.4 is 16.4 Å². The van der Waals surface area contributed by atoms with Crippen molar-refractivity contribution in [3.63, 3.8) is 0 Å². The first-order valence-corrected chi connectivity index (χ1v) is 12.8. The molecule has 0 saturated carbocycles. The summed E-state index contributed by atoms with van der Waals surface area (Å²) in [6, 6.07) is 3.42. The van der Waals surface area contributed by atoms with E-state index in [1.807, 2.05) is 0 Å². The second-order valence-corrected chi connectivity index (χ2v) is 10.6. The predicted octanol–water partition coefficient (Wildman–Crippen LogP) is 3.18. The number of aromatic nitrogens is 2. The zero-order chi connectivity index (χ0) is 26.6. The van der Waals surface area contributed by atoms with Gasteiger partial charge in [0.15, 0.2) is 0 Å². The summed E-state index contributed by atoms with van der Waals surface area (Å²) in [5, 5.41) is 4.68. The third kappa shape index (κ3) is 6.28. The van der Waals surface area contributed by atoms with E-state index in [1.165, 1.54) is 24.5 Å². The highest BCUT2D eigenvalue weighted by Crippen LogP contribution is 2.34. The molecule has 0 saturated heterocycles. The minimum Gasteiger partial charge on any atom is -0.397 e. The first kappa shape index (κ1) is 26.9. The Balaban J connectivity index is 1.80. The first-order valence-electron chi connectivity index (χ1n) is 10.0. The normalized spacial score (nSPS) is 11.0. The van der Waals surface area contributed by atoms with Gasteiger partial charge in [-0.05, 0) is 18.2 Å². The molecule has 1 aromatic carbocycles. The largest absolute Gasteiger partial charge is 0.397 e. The minimum atomic E-state index is -3.26. The Hall–Kier alpha value is -3.72. The number of anilines is 2. The molecule has 0 aliphatic rings. The average Bonchev–Trinajstić information content (AvgIpc) is 2.79. The van der Waals surface area contributed by atoms with Crippen LogP contribution in [0.15, 0.2) is 36.8 Å². The van der Waals surface area contributed by atoms with Crippen LogP contribution >= 0.6 is 23.2 Å². The van der Waals surface area contributed by atoms with E-state index in [9.17, 15) is 22.4 Å². The number of nitrogens with one attached hydrogen (secondary N) is 2. The van der Waals surface area contributed by atoms with Crippen LogP contribution in [0.2, 0.25) is 10.0 Å². The maximum absolute atomic E-state index is 15.0. The van der Waals surface area contributed by atoms with E-state index in [-0.39, 0.29) is 61.7 Å². The quantitative estimate of drug-likeness (QED) is 0.384. The Morgan fingerprint density at radius 3 is 2.50 bits per heavy atom. The summed E-state index contributed by atoms with van der Waals surface area (Å²) >= 11 is 12.4. The number of hydrogen-bond acceptors (Lipinski definition) is 7. The fraction of sp³-hybridized carbons (Fsp3) is 0.130. The maximum Gasteiger partial charge on any atom is 0.271 e. The van der Waals surface area contributed by atoms with Crippen molar-refractivity contribution in [3.8, 4) is 23.5 Å². The van der Waals surface area contributed by atoms with Gasteiger partial charge in [0.05, 0.1) is 50.7 Å². The predicted molar refractivity (Wildman–Crippen MR) is 136 cm³/mol. The van der Waals surface area contributed by atoms with Crippen LogP contribution in [-0.2, 0) is 9.84 Å². The molecular weight excluding hydrogens is 532 g/mol. The third-order valence-corrected chi connectivity index (χ3v) is 6.32. The molecule has 13 heteroatoms. The molecule has 0 atom stereocenters. The van der Waals surface area contributed by atoms with Crippen LogP contribution in [0.3, 0.4) is 0 Å². The molecule has 3 rings (SSSR count). The van der Waals surface area contributed by atoms with Gasteiger partial charge >= 0.3 is 0 Å². The Labute approximate surface area is 216 Å². The Bertz CT molecular complexity index is 1520. The van der Waals surface area contributed by atoms with Gasteiger partial charge in [0.25, 0.3) is 11.8 Å². The summed E-state index contributed by atoms with van der Waals surface area (Å²) in [6.07, 6.45) is 10.3. The molecule has 0 fully saturated rings. The second kappa shape index (κ2) is 10.9. The molecule has 0 unspecified atom stereocenters. The molecular formula is C23H18Cl2FN5O4S. The second-order valence-electron chi connectivity index (χ2n) is 7.50. The highest BCUT2D eigenvalue weighted by molar-refractivity contribution is 7.90. The Morgan fingerprint density at radius 1 is 1.14 bits per heavy atom. The van der Waals surface area contributed by atoms with E-state index in [0.717, 1.165) is 18.5 Å². The minimum absolute atomic E-state index is 0.000324. The molecule has 3 aromatic rings. The summed E-state index contributed by atoms with van der Waals surface area (Å²) in [7, 11) is -3.26. The number of carbonyl (C=O) groups excluding carboxylic acids is 2. The smallest absolute Gasteiger partial charge is 0.271 e. The van der Waals surface area contributed by atoms with Crippen LogP contribution in [0.5, 0.6) is 0 Å². The van der Waals surface area contributed by atoms with Gasteiger partial charge in [-0.2, -0.15) is 0 Å². The fourth-order valence-electron chi connectivity index (χ4n) is 3.10. The lowest BCUT2D eigenvalue weighted by Gasteiger charge is -2.13. The Morgan fingerprint density at radius 2 is 1.86 bits per heavy atom. The fourth-order valence-corrected chi connectivity index (χ4v) is 4.08. The zero-order valence-electron chi connectivity index (χ0n) is 18.6. The maximum atomic E-state index is 15.0. The van der Waals surface area contributed by atoms with Gasteiger partial charge in [-0.3, -0.25) is 14.6 Å². The van der Waals surface area contributed by atoms with Crippen molar-refractivity contribution in [1.82, 2.24) is 15.3 Å². The van der Waals surface area contributed by atoms with E-state index in [0.29, 0.717) is 0 Å². The Kier molecular flexibility index (Phi) is 8.14. The molecule has 9 nitrogen and oxygen atoms in total. The number of nitrogen functional groups attached to an aromatic ring is 1. The molecule has 0 bridgehead atoms. The molecule has 4 N–H and O–H groups in total. The number of carbonyl (C=O) groups is 2. The number of rotatable bonds is 7. The van der Waals surface area contributed by atoms with E-state index < -0.39 is 27.5 Å². The third-order valence-electron chi connectivity index (χ3n) is 4.77. The molecule has 0 aliphatic heterocycles. The molecule has 0 radical (unpaired) electrons. The number of nitrogens with zero attached hydrogens (tertiary/aromatic N) is 2. The van der Waals surface area contributed by atoms with Gasteiger partial charge in [-0.25, -0.2) is 17.8 Å². The standard InChI is InChI=1S/C23H18Cl2FN5O4S/c1-3-12-9-28-11-19(27)20(12)15-7-16(24)14(8-18(15)26)22(32)31-13-6-17(25)21(30-10-13)23(33)29-4-5-36(2,34)35/h1,6-11H,4-5,27H2,2H3,(H,29,33)(H,31,32). The van der Waals surface area contributed by atoms with Crippen molar-refractivity contribution < 1.29 is 22.4 Å². The lowest BCUT2D eigenvalue weighted by molar-refractivity contribution is 0.0951.